The third-order valence-corrected chi connectivity index (χ3v) is 5.09. The van der Waals surface area contributed by atoms with Crippen molar-refractivity contribution in [1.82, 2.24) is 0 Å². The van der Waals surface area contributed by atoms with Crippen molar-refractivity contribution in [3.8, 4) is 0 Å². The molecule has 0 aromatic rings. The molecule has 0 aromatic heterocycles. The van der Waals surface area contributed by atoms with E-state index >= 15 is 0 Å². The summed E-state index contributed by atoms with van der Waals surface area (Å²) in [6.07, 6.45) is 1.60. The molecule has 4 heteroatoms. The van der Waals surface area contributed by atoms with Crippen molar-refractivity contribution < 1.29 is 14.6 Å². The molecular formula is C11H19NO3. The van der Waals surface area contributed by atoms with Crippen LogP contribution in [0.3, 0.4) is 0 Å². The van der Waals surface area contributed by atoms with Crippen molar-refractivity contribution in [1.29, 1.82) is 0 Å². The molecule has 2 bridgehead atoms. The smallest absolute Gasteiger partial charge is 0.407 e. The molecule has 3 unspecified atom stereocenters. The highest BCUT2D eigenvalue weighted by Gasteiger charge is 2.70. The molecule has 86 valence electrons. The Labute approximate surface area is 89.8 Å². The van der Waals surface area contributed by atoms with E-state index in [0.717, 1.165) is 12.8 Å². The zero-order valence-electron chi connectivity index (χ0n) is 9.54. The quantitative estimate of drug-likeness (QED) is 0.650. The number of fused-ring (bicyclic) bond motifs is 2. The Morgan fingerprint density at radius 2 is 2.07 bits per heavy atom. The monoisotopic (exact) mass is 213 g/mol. The maximum Gasteiger partial charge on any atom is 0.407 e. The minimum Gasteiger partial charge on any atom is -0.417 e. The van der Waals surface area contributed by atoms with Crippen molar-refractivity contribution in [2.24, 2.45) is 22.5 Å². The minimum atomic E-state index is -1.37. The van der Waals surface area contributed by atoms with Crippen molar-refractivity contribution >= 4 is 6.09 Å². The predicted octanol–water partition coefficient (Wildman–Crippen LogP) is 1.62. The number of ether oxygens (including phenoxy) is 1. The van der Waals surface area contributed by atoms with E-state index in [4.69, 9.17) is 10.5 Å². The number of amides is 1. The van der Waals surface area contributed by atoms with E-state index in [2.05, 4.69) is 13.8 Å². The van der Waals surface area contributed by atoms with Crippen LogP contribution in [0.5, 0.6) is 0 Å². The van der Waals surface area contributed by atoms with Gasteiger partial charge in [-0.05, 0) is 24.2 Å². The fourth-order valence-electron chi connectivity index (χ4n) is 3.53. The fraction of sp³-hybridized carbons (Fsp3) is 0.909. The van der Waals surface area contributed by atoms with Gasteiger partial charge in [0.15, 0.2) is 0 Å². The lowest BCUT2D eigenvalue weighted by molar-refractivity contribution is -0.238. The van der Waals surface area contributed by atoms with Gasteiger partial charge in [-0.2, -0.15) is 0 Å². The summed E-state index contributed by atoms with van der Waals surface area (Å²) < 4.78 is 4.97. The third kappa shape index (κ3) is 1.08. The Morgan fingerprint density at radius 3 is 2.40 bits per heavy atom. The maximum atomic E-state index is 10.8. The Balaban J connectivity index is 2.36. The van der Waals surface area contributed by atoms with Crippen LogP contribution in [0.15, 0.2) is 0 Å². The second kappa shape index (κ2) is 2.67. The number of carbonyl (C=O) groups is 1. The van der Waals surface area contributed by atoms with E-state index in [-0.39, 0.29) is 10.8 Å². The average Bonchev–Trinajstić information content (AvgIpc) is 2.34. The SMILES string of the molecule is CC1(C)C2CCC1(C)C(O)(OC(N)=O)C2. The molecule has 2 aliphatic carbocycles. The molecule has 0 radical (unpaired) electrons. The average molecular weight is 213 g/mol. The molecule has 3 N–H and O–H groups in total. The van der Waals surface area contributed by atoms with Gasteiger partial charge in [0, 0.05) is 11.8 Å². The number of carbonyl (C=O) groups excluding carboxylic acids is 1. The van der Waals surface area contributed by atoms with E-state index in [1.165, 1.54) is 0 Å². The molecular weight excluding hydrogens is 194 g/mol. The van der Waals surface area contributed by atoms with Crippen LogP contribution in [0.25, 0.3) is 0 Å². The van der Waals surface area contributed by atoms with Crippen molar-refractivity contribution in [3.63, 3.8) is 0 Å². The molecule has 0 aliphatic heterocycles. The first-order valence-electron chi connectivity index (χ1n) is 5.44. The normalized spacial score (nSPS) is 46.8. The Bertz CT molecular complexity index is 315. The molecule has 2 saturated carbocycles. The molecule has 1 amide bonds. The molecule has 0 heterocycles. The van der Waals surface area contributed by atoms with Gasteiger partial charge in [0.1, 0.15) is 0 Å². The van der Waals surface area contributed by atoms with Gasteiger partial charge in [-0.3, -0.25) is 0 Å². The van der Waals surface area contributed by atoms with Crippen LogP contribution in [-0.4, -0.2) is 17.0 Å². The summed E-state index contributed by atoms with van der Waals surface area (Å²) in [4.78, 5) is 10.8. The van der Waals surface area contributed by atoms with E-state index in [1.807, 2.05) is 6.92 Å². The Kier molecular flexibility index (Phi) is 1.91. The van der Waals surface area contributed by atoms with Crippen LogP contribution >= 0.6 is 0 Å². The number of hydrogen-bond acceptors (Lipinski definition) is 3. The maximum absolute atomic E-state index is 10.8. The van der Waals surface area contributed by atoms with Gasteiger partial charge < -0.3 is 15.6 Å². The van der Waals surface area contributed by atoms with Gasteiger partial charge in [0.05, 0.1) is 0 Å². The molecule has 0 saturated heterocycles. The highest BCUT2D eigenvalue weighted by atomic mass is 16.7. The second-order valence-electron chi connectivity index (χ2n) is 5.70. The zero-order chi connectivity index (χ0) is 11.5. The molecule has 2 rings (SSSR count). The number of rotatable bonds is 1. The van der Waals surface area contributed by atoms with Gasteiger partial charge in [-0.15, -0.1) is 0 Å². The molecule has 15 heavy (non-hydrogen) atoms. The number of hydrogen-bond donors (Lipinski definition) is 2. The molecule has 0 aromatic carbocycles. The van der Waals surface area contributed by atoms with E-state index in [0.29, 0.717) is 12.3 Å². The van der Waals surface area contributed by atoms with Crippen molar-refractivity contribution in [3.05, 3.63) is 0 Å². The van der Waals surface area contributed by atoms with Crippen LogP contribution in [0.2, 0.25) is 0 Å². The lowest BCUT2D eigenvalue weighted by Crippen LogP contribution is -2.51. The van der Waals surface area contributed by atoms with E-state index in [9.17, 15) is 9.90 Å². The summed E-state index contributed by atoms with van der Waals surface area (Å²) in [5.74, 6) is -0.961. The van der Waals surface area contributed by atoms with E-state index in [1.54, 1.807) is 0 Å². The first kappa shape index (κ1) is 10.7. The molecule has 3 atom stereocenters. The van der Waals surface area contributed by atoms with Crippen LogP contribution in [-0.2, 0) is 4.74 Å². The first-order chi connectivity index (χ1) is 6.73. The van der Waals surface area contributed by atoms with Crippen molar-refractivity contribution in [2.75, 3.05) is 0 Å². The summed E-state index contributed by atoms with van der Waals surface area (Å²) in [5.41, 5.74) is 4.64. The van der Waals surface area contributed by atoms with Gasteiger partial charge in [0.2, 0.25) is 5.79 Å². The van der Waals surface area contributed by atoms with E-state index < -0.39 is 11.9 Å². The lowest BCUT2D eigenvalue weighted by atomic mass is 9.68. The molecule has 2 fully saturated rings. The summed E-state index contributed by atoms with van der Waals surface area (Å²) in [6.45, 7) is 6.25. The van der Waals surface area contributed by atoms with Crippen LogP contribution in [0.4, 0.5) is 4.79 Å². The van der Waals surface area contributed by atoms with Crippen molar-refractivity contribution in [2.45, 2.75) is 45.8 Å². The van der Waals surface area contributed by atoms with Gasteiger partial charge >= 0.3 is 6.09 Å². The number of primary amides is 1. The Hall–Kier alpha value is -0.770. The standard InChI is InChI=1S/C11H19NO3/c1-9(2)7-4-5-10(9,3)11(14,6-7)15-8(12)13/h7,14H,4-6H2,1-3H3,(H2,12,13). The molecule has 4 nitrogen and oxygen atoms in total. The highest BCUT2D eigenvalue weighted by Crippen LogP contribution is 2.69. The third-order valence-electron chi connectivity index (χ3n) is 5.09. The zero-order valence-corrected chi connectivity index (χ0v) is 9.54. The minimum absolute atomic E-state index is 0.00278. The largest absolute Gasteiger partial charge is 0.417 e. The first-order valence-corrected chi connectivity index (χ1v) is 5.44. The van der Waals surface area contributed by atoms with Crippen LogP contribution in [0, 0.1) is 16.7 Å². The fourth-order valence-corrected chi connectivity index (χ4v) is 3.53. The van der Waals surface area contributed by atoms with Crippen LogP contribution in [0.1, 0.15) is 40.0 Å². The number of aliphatic hydroxyl groups is 1. The topological polar surface area (TPSA) is 72.6 Å². The summed E-state index contributed by atoms with van der Waals surface area (Å²) in [6, 6.07) is 0. The molecule has 2 aliphatic rings. The van der Waals surface area contributed by atoms with Gasteiger partial charge in [-0.25, -0.2) is 4.79 Å². The lowest BCUT2D eigenvalue weighted by Gasteiger charge is -2.43. The summed E-state index contributed by atoms with van der Waals surface area (Å²) in [5, 5.41) is 10.4. The van der Waals surface area contributed by atoms with Crippen LogP contribution < -0.4 is 5.73 Å². The Morgan fingerprint density at radius 1 is 1.47 bits per heavy atom. The summed E-state index contributed by atoms with van der Waals surface area (Å²) in [7, 11) is 0. The predicted molar refractivity (Wildman–Crippen MR) is 54.8 cm³/mol. The van der Waals surface area contributed by atoms with Gasteiger partial charge in [0.25, 0.3) is 0 Å². The summed E-state index contributed by atoms with van der Waals surface area (Å²) >= 11 is 0. The number of nitrogens with two attached hydrogens (primary N) is 1. The second-order valence-corrected chi connectivity index (χ2v) is 5.70. The van der Waals surface area contributed by atoms with Gasteiger partial charge in [-0.1, -0.05) is 20.8 Å². The highest BCUT2D eigenvalue weighted by molar-refractivity contribution is 5.65. The molecule has 0 spiro atoms.